The molecule has 2 aromatic carbocycles. The van der Waals surface area contributed by atoms with E-state index in [0.29, 0.717) is 28.8 Å². The van der Waals surface area contributed by atoms with E-state index in [1.807, 2.05) is 36.4 Å². The summed E-state index contributed by atoms with van der Waals surface area (Å²) in [5, 5.41) is 3.51. The first kappa shape index (κ1) is 16.9. The molecule has 4 nitrogen and oxygen atoms in total. The third kappa shape index (κ3) is 3.74. The summed E-state index contributed by atoms with van der Waals surface area (Å²) >= 11 is 7.69. The van der Waals surface area contributed by atoms with E-state index in [0.717, 1.165) is 5.56 Å². The highest BCUT2D eigenvalue weighted by Gasteiger charge is 2.34. The molecule has 0 aromatic heterocycles. The third-order valence-corrected chi connectivity index (χ3v) is 5.26. The lowest BCUT2D eigenvalue weighted by molar-refractivity contribution is -0.124. The first-order chi connectivity index (χ1) is 11.7. The molecule has 1 fully saturated rings. The third-order valence-electron chi connectivity index (χ3n) is 3.88. The normalized spacial score (nSPS) is 16.9. The molecule has 3 rings (SSSR count). The van der Waals surface area contributed by atoms with E-state index < -0.39 is 6.04 Å². The fraction of sp³-hybridized carbons (Fsp3) is 0.222. The molecular weight excluding hydrogens is 344 g/mol. The number of nitrogens with zero attached hydrogens (tertiary/aromatic N) is 1. The van der Waals surface area contributed by atoms with Crippen molar-refractivity contribution >= 4 is 35.2 Å². The predicted octanol–water partition coefficient (Wildman–Crippen LogP) is 3.17. The lowest BCUT2D eigenvalue weighted by Gasteiger charge is -2.23. The van der Waals surface area contributed by atoms with Crippen molar-refractivity contribution in [3.05, 3.63) is 70.7 Å². The van der Waals surface area contributed by atoms with E-state index in [1.165, 1.54) is 0 Å². The first-order valence-electron chi connectivity index (χ1n) is 7.61. The molecule has 1 aliphatic heterocycles. The quantitative estimate of drug-likeness (QED) is 0.911. The van der Waals surface area contributed by atoms with E-state index in [4.69, 9.17) is 11.6 Å². The SMILES string of the molecule is O=C(NCc1ccccc1Cl)[C@@H]1CSCN1C(=O)c1ccccc1. The van der Waals surface area contributed by atoms with E-state index >= 15 is 0 Å². The molecule has 1 heterocycles. The van der Waals surface area contributed by atoms with Crippen LogP contribution in [0.25, 0.3) is 0 Å². The maximum Gasteiger partial charge on any atom is 0.255 e. The van der Waals surface area contributed by atoms with Gasteiger partial charge in [-0.1, -0.05) is 48.0 Å². The molecule has 0 radical (unpaired) electrons. The lowest BCUT2D eigenvalue weighted by Crippen LogP contribution is -2.47. The monoisotopic (exact) mass is 360 g/mol. The van der Waals surface area contributed by atoms with Crippen molar-refractivity contribution < 1.29 is 9.59 Å². The second-order valence-corrected chi connectivity index (χ2v) is 6.87. The highest BCUT2D eigenvalue weighted by molar-refractivity contribution is 7.99. The molecule has 6 heteroatoms. The Labute approximate surface area is 150 Å². The van der Waals surface area contributed by atoms with Crippen LogP contribution in [0.5, 0.6) is 0 Å². The van der Waals surface area contributed by atoms with E-state index in [9.17, 15) is 9.59 Å². The lowest BCUT2D eigenvalue weighted by atomic mass is 10.1. The van der Waals surface area contributed by atoms with Gasteiger partial charge in [0.15, 0.2) is 0 Å². The summed E-state index contributed by atoms with van der Waals surface area (Å²) in [4.78, 5) is 26.7. The number of amides is 2. The minimum Gasteiger partial charge on any atom is -0.350 e. The second kappa shape index (κ2) is 7.73. The van der Waals surface area contributed by atoms with Crippen LogP contribution in [0.2, 0.25) is 5.02 Å². The number of nitrogens with one attached hydrogen (secondary N) is 1. The number of benzene rings is 2. The molecular formula is C18H17ClN2O2S. The maximum absolute atomic E-state index is 12.6. The van der Waals surface area contributed by atoms with Gasteiger partial charge < -0.3 is 10.2 Å². The number of halogens is 1. The van der Waals surface area contributed by atoms with Gasteiger partial charge in [-0.3, -0.25) is 9.59 Å². The number of hydrogen-bond donors (Lipinski definition) is 1. The van der Waals surface area contributed by atoms with Crippen molar-refractivity contribution in [1.29, 1.82) is 0 Å². The summed E-state index contributed by atoms with van der Waals surface area (Å²) < 4.78 is 0. The summed E-state index contributed by atoms with van der Waals surface area (Å²) in [7, 11) is 0. The van der Waals surface area contributed by atoms with Crippen molar-refractivity contribution in [2.45, 2.75) is 12.6 Å². The van der Waals surface area contributed by atoms with Gasteiger partial charge in [0.1, 0.15) is 6.04 Å². The van der Waals surface area contributed by atoms with Crippen LogP contribution >= 0.6 is 23.4 Å². The van der Waals surface area contributed by atoms with Crippen molar-refractivity contribution in [1.82, 2.24) is 10.2 Å². The molecule has 1 atom stereocenters. The summed E-state index contributed by atoms with van der Waals surface area (Å²) in [6.45, 7) is 0.354. The van der Waals surface area contributed by atoms with Crippen LogP contribution in [-0.2, 0) is 11.3 Å². The topological polar surface area (TPSA) is 49.4 Å². The number of carbonyl (C=O) groups excluding carboxylic acids is 2. The largest absolute Gasteiger partial charge is 0.350 e. The standard InChI is InChI=1S/C18H17ClN2O2S/c19-15-9-5-4-8-14(15)10-20-17(22)16-11-24-12-21(16)18(23)13-6-2-1-3-7-13/h1-9,16H,10-12H2,(H,20,22)/t16-/m0/s1. The van der Waals surface area contributed by atoms with E-state index in [2.05, 4.69) is 5.32 Å². The van der Waals surface area contributed by atoms with E-state index in [1.54, 1.807) is 34.9 Å². The van der Waals surface area contributed by atoms with Gasteiger partial charge in [-0.15, -0.1) is 11.8 Å². The molecule has 0 aliphatic carbocycles. The first-order valence-corrected chi connectivity index (χ1v) is 9.15. The molecule has 0 bridgehead atoms. The zero-order valence-electron chi connectivity index (χ0n) is 12.9. The van der Waals surface area contributed by atoms with Crippen LogP contribution in [0, 0.1) is 0 Å². The average molecular weight is 361 g/mol. The smallest absolute Gasteiger partial charge is 0.255 e. The van der Waals surface area contributed by atoms with Gasteiger partial charge in [0.25, 0.3) is 5.91 Å². The van der Waals surface area contributed by atoms with Crippen LogP contribution in [0.4, 0.5) is 0 Å². The number of carbonyl (C=O) groups is 2. The Bertz CT molecular complexity index is 739. The Balaban J connectivity index is 1.66. The zero-order valence-corrected chi connectivity index (χ0v) is 14.5. The number of hydrogen-bond acceptors (Lipinski definition) is 3. The molecule has 1 aliphatic rings. The molecule has 0 unspecified atom stereocenters. The average Bonchev–Trinajstić information content (AvgIpc) is 3.10. The second-order valence-electron chi connectivity index (χ2n) is 5.47. The molecule has 1 N–H and O–H groups in total. The number of rotatable bonds is 4. The molecule has 1 saturated heterocycles. The highest BCUT2D eigenvalue weighted by Crippen LogP contribution is 2.23. The van der Waals surface area contributed by atoms with Crippen molar-refractivity contribution in [3.8, 4) is 0 Å². The highest BCUT2D eigenvalue weighted by atomic mass is 35.5. The minimum absolute atomic E-state index is 0.113. The van der Waals surface area contributed by atoms with Gasteiger partial charge in [-0.2, -0.15) is 0 Å². The number of thioether (sulfide) groups is 1. The maximum atomic E-state index is 12.6. The summed E-state index contributed by atoms with van der Waals surface area (Å²) in [5.74, 6) is 0.868. The van der Waals surface area contributed by atoms with Gasteiger partial charge in [-0.05, 0) is 23.8 Å². The molecule has 124 valence electrons. The summed E-state index contributed by atoms with van der Waals surface area (Å²) in [6, 6.07) is 16.0. The van der Waals surface area contributed by atoms with Gasteiger partial charge in [0.05, 0.1) is 5.88 Å². The molecule has 0 saturated carbocycles. The fourth-order valence-corrected chi connectivity index (χ4v) is 3.90. The minimum atomic E-state index is -0.454. The van der Waals surface area contributed by atoms with E-state index in [-0.39, 0.29) is 11.8 Å². The van der Waals surface area contributed by atoms with Crippen LogP contribution in [0.3, 0.4) is 0 Å². The Morgan fingerprint density at radius 3 is 2.58 bits per heavy atom. The van der Waals surface area contributed by atoms with Crippen LogP contribution in [0.15, 0.2) is 54.6 Å². The molecule has 2 aromatic rings. The Morgan fingerprint density at radius 1 is 1.12 bits per heavy atom. The molecule has 0 spiro atoms. The molecule has 24 heavy (non-hydrogen) atoms. The van der Waals surface area contributed by atoms with Crippen molar-refractivity contribution in [3.63, 3.8) is 0 Å². The summed E-state index contributed by atoms with van der Waals surface area (Å²) in [6.07, 6.45) is 0. The Kier molecular flexibility index (Phi) is 5.43. The zero-order chi connectivity index (χ0) is 16.9. The fourth-order valence-electron chi connectivity index (χ4n) is 2.55. The molecule has 2 amide bonds. The Hall–Kier alpha value is -1.98. The van der Waals surface area contributed by atoms with Crippen molar-refractivity contribution in [2.75, 3.05) is 11.6 Å². The van der Waals surface area contributed by atoms with Gasteiger partial charge >= 0.3 is 0 Å². The summed E-state index contributed by atoms with van der Waals surface area (Å²) in [5.41, 5.74) is 1.46. The van der Waals surface area contributed by atoms with Crippen LogP contribution in [0.1, 0.15) is 15.9 Å². The van der Waals surface area contributed by atoms with Crippen molar-refractivity contribution in [2.24, 2.45) is 0 Å². The van der Waals surface area contributed by atoms with Crippen LogP contribution < -0.4 is 5.32 Å². The Morgan fingerprint density at radius 2 is 1.83 bits per heavy atom. The van der Waals surface area contributed by atoms with Gasteiger partial charge in [0, 0.05) is 22.9 Å². The van der Waals surface area contributed by atoms with Gasteiger partial charge in [-0.25, -0.2) is 0 Å². The predicted molar refractivity (Wildman–Crippen MR) is 97.0 cm³/mol. The van der Waals surface area contributed by atoms with Crippen LogP contribution in [-0.4, -0.2) is 34.4 Å². The van der Waals surface area contributed by atoms with Gasteiger partial charge in [0.2, 0.25) is 5.91 Å².